The highest BCUT2D eigenvalue weighted by molar-refractivity contribution is 5.80. The number of hydrogen-bond acceptors (Lipinski definition) is 8. The summed E-state index contributed by atoms with van der Waals surface area (Å²) in [5.74, 6) is -0.696. The second-order valence-corrected chi connectivity index (χ2v) is 9.96. The summed E-state index contributed by atoms with van der Waals surface area (Å²) in [4.78, 5) is 27.7. The number of piperidine rings is 4. The molecule has 0 aliphatic carbocycles. The van der Waals surface area contributed by atoms with Crippen LogP contribution in [0.15, 0.2) is 25.0 Å². The van der Waals surface area contributed by atoms with Crippen LogP contribution in [0, 0.1) is 0 Å². The minimum atomic E-state index is -0.682. The van der Waals surface area contributed by atoms with E-state index in [1.54, 1.807) is 0 Å². The van der Waals surface area contributed by atoms with Gasteiger partial charge in [-0.15, -0.1) is 5.06 Å². The fourth-order valence-corrected chi connectivity index (χ4v) is 5.96. The lowest BCUT2D eigenvalue weighted by Gasteiger charge is -2.56. The highest BCUT2D eigenvalue weighted by atomic mass is 16.7. The average molecular weight is 477 g/mol. The van der Waals surface area contributed by atoms with Gasteiger partial charge in [0, 0.05) is 52.4 Å². The van der Waals surface area contributed by atoms with Crippen LogP contribution in [0.3, 0.4) is 0 Å². The van der Waals surface area contributed by atoms with Crippen molar-refractivity contribution in [1.82, 2.24) is 19.8 Å². The molecular formula is C26H44N4O4. The van der Waals surface area contributed by atoms with Gasteiger partial charge in [-0.05, 0) is 51.4 Å². The molecule has 34 heavy (non-hydrogen) atoms. The lowest BCUT2D eigenvalue weighted by Crippen LogP contribution is -2.76. The monoisotopic (exact) mass is 476 g/mol. The molecule has 5 aliphatic rings. The van der Waals surface area contributed by atoms with Crippen molar-refractivity contribution < 1.29 is 19.1 Å². The number of carbonyl (C=O) groups excluding carboxylic acids is 1. The van der Waals surface area contributed by atoms with Crippen LogP contribution < -0.4 is 0 Å². The molecule has 8 heteroatoms. The van der Waals surface area contributed by atoms with Gasteiger partial charge in [0.1, 0.15) is 25.0 Å². The van der Waals surface area contributed by atoms with Gasteiger partial charge >= 0.3 is 5.97 Å². The van der Waals surface area contributed by atoms with E-state index in [2.05, 4.69) is 24.2 Å². The van der Waals surface area contributed by atoms with Gasteiger partial charge in [0.2, 0.25) is 5.79 Å². The lowest BCUT2D eigenvalue weighted by molar-refractivity contribution is -0.251. The van der Waals surface area contributed by atoms with Crippen LogP contribution in [-0.2, 0) is 19.1 Å². The van der Waals surface area contributed by atoms with Crippen LogP contribution in [0.5, 0.6) is 0 Å². The maximum Gasteiger partial charge on any atom is 0.376 e. The van der Waals surface area contributed by atoms with E-state index in [0.29, 0.717) is 0 Å². The SMILES string of the molecule is C1=COC=CO1.O=C(ON1CCCCC1)C(N1CCCCC1)(N1CCCCC1)N1CCCCC1. The summed E-state index contributed by atoms with van der Waals surface area (Å²) in [6.45, 7) is 7.88. The first-order valence-corrected chi connectivity index (χ1v) is 13.7. The fraction of sp³-hybridized carbons (Fsp3) is 0.808. The molecule has 0 spiro atoms. The molecule has 0 radical (unpaired) electrons. The van der Waals surface area contributed by atoms with E-state index in [1.165, 1.54) is 89.3 Å². The van der Waals surface area contributed by atoms with Crippen molar-refractivity contribution >= 4 is 5.97 Å². The summed E-state index contributed by atoms with van der Waals surface area (Å²) in [6, 6.07) is 0. The van der Waals surface area contributed by atoms with E-state index in [-0.39, 0.29) is 5.97 Å². The van der Waals surface area contributed by atoms with E-state index in [0.717, 1.165) is 65.2 Å². The number of hydroxylamine groups is 2. The number of likely N-dealkylation sites (tertiary alicyclic amines) is 3. The second kappa shape index (κ2) is 13.5. The molecule has 8 nitrogen and oxygen atoms in total. The van der Waals surface area contributed by atoms with Crippen LogP contribution in [-0.4, -0.2) is 83.9 Å². The Morgan fingerprint density at radius 3 is 1.18 bits per heavy atom. The maximum atomic E-state index is 14.0. The molecule has 0 aromatic rings. The Hall–Kier alpha value is -1.61. The molecule has 0 atom stereocenters. The second-order valence-electron chi connectivity index (χ2n) is 9.96. The lowest BCUT2D eigenvalue weighted by atomic mass is 10.00. The molecule has 0 saturated carbocycles. The number of nitrogens with zero attached hydrogens (tertiary/aromatic N) is 4. The summed E-state index contributed by atoms with van der Waals surface area (Å²) in [7, 11) is 0. The van der Waals surface area contributed by atoms with E-state index < -0.39 is 5.79 Å². The van der Waals surface area contributed by atoms with Gasteiger partial charge in [-0.1, -0.05) is 25.7 Å². The summed E-state index contributed by atoms with van der Waals surface area (Å²) in [5, 5.41) is 1.96. The first kappa shape index (κ1) is 25.5. The van der Waals surface area contributed by atoms with Gasteiger partial charge < -0.3 is 14.3 Å². The Labute approximate surface area is 205 Å². The Morgan fingerprint density at radius 2 is 0.853 bits per heavy atom. The molecule has 5 aliphatic heterocycles. The largest absolute Gasteiger partial charge is 0.466 e. The zero-order valence-corrected chi connectivity index (χ0v) is 20.9. The Kier molecular flexibility index (Phi) is 10.1. The molecule has 192 valence electrons. The van der Waals surface area contributed by atoms with Crippen LogP contribution in [0.2, 0.25) is 0 Å². The standard InChI is InChI=1S/C22H40N4O2.C4H4O2/c27-21(28-26-19-11-4-12-20-26)22(23-13-5-1-6-14-23,24-15-7-2-8-16-24)25-17-9-3-10-18-25;1-2-6-4-3-5-1/h1-20H2;1-4H. The number of ether oxygens (including phenoxy) is 2. The highest BCUT2D eigenvalue weighted by Crippen LogP contribution is 2.35. The number of carbonyl (C=O) groups is 1. The molecular weight excluding hydrogens is 432 g/mol. The third-order valence-corrected chi connectivity index (χ3v) is 7.62. The Bertz CT molecular complexity index is 596. The Morgan fingerprint density at radius 1 is 0.529 bits per heavy atom. The molecule has 4 fully saturated rings. The first-order valence-electron chi connectivity index (χ1n) is 13.7. The van der Waals surface area contributed by atoms with Crippen molar-refractivity contribution in [3.05, 3.63) is 25.0 Å². The van der Waals surface area contributed by atoms with Gasteiger partial charge in [-0.3, -0.25) is 14.7 Å². The smallest absolute Gasteiger partial charge is 0.376 e. The predicted octanol–water partition coefficient (Wildman–Crippen LogP) is 4.02. The maximum absolute atomic E-state index is 14.0. The summed E-state index contributed by atoms with van der Waals surface area (Å²) >= 11 is 0. The predicted molar refractivity (Wildman–Crippen MR) is 131 cm³/mol. The van der Waals surface area contributed by atoms with E-state index in [4.69, 9.17) is 4.84 Å². The van der Waals surface area contributed by atoms with Crippen molar-refractivity contribution in [2.45, 2.75) is 82.8 Å². The minimum Gasteiger partial charge on any atom is -0.466 e. The number of hydrogen-bond donors (Lipinski definition) is 0. The topological polar surface area (TPSA) is 57.7 Å². The first-order chi connectivity index (χ1) is 16.8. The molecule has 0 unspecified atom stereocenters. The average Bonchev–Trinajstić information content (AvgIpc) is 2.93. The van der Waals surface area contributed by atoms with Gasteiger partial charge in [-0.25, -0.2) is 4.79 Å². The van der Waals surface area contributed by atoms with Gasteiger partial charge in [0.05, 0.1) is 0 Å². The molecule has 0 bridgehead atoms. The third kappa shape index (κ3) is 6.33. The summed E-state index contributed by atoms with van der Waals surface area (Å²) in [6.07, 6.45) is 20.4. The molecule has 4 saturated heterocycles. The van der Waals surface area contributed by atoms with Crippen molar-refractivity contribution in [1.29, 1.82) is 0 Å². The molecule has 0 N–H and O–H groups in total. The number of rotatable bonds is 5. The van der Waals surface area contributed by atoms with Gasteiger partial charge in [0.15, 0.2) is 0 Å². The van der Waals surface area contributed by atoms with Gasteiger partial charge in [0.25, 0.3) is 0 Å². The molecule has 5 heterocycles. The van der Waals surface area contributed by atoms with Crippen molar-refractivity contribution in [3.8, 4) is 0 Å². The van der Waals surface area contributed by atoms with Crippen molar-refractivity contribution in [2.24, 2.45) is 0 Å². The third-order valence-electron chi connectivity index (χ3n) is 7.62. The van der Waals surface area contributed by atoms with E-state index in [9.17, 15) is 4.79 Å². The quantitative estimate of drug-likeness (QED) is 0.590. The van der Waals surface area contributed by atoms with E-state index in [1.807, 2.05) is 5.06 Å². The minimum absolute atomic E-state index is 0.0138. The normalized spacial score (nSPS) is 25.5. The van der Waals surface area contributed by atoms with Crippen LogP contribution in [0.4, 0.5) is 0 Å². The van der Waals surface area contributed by atoms with Gasteiger partial charge in [-0.2, -0.15) is 0 Å². The molecule has 0 aromatic heterocycles. The summed E-state index contributed by atoms with van der Waals surface area (Å²) in [5.41, 5.74) is 0. The Balaban J connectivity index is 0.000000398. The van der Waals surface area contributed by atoms with E-state index >= 15 is 0 Å². The van der Waals surface area contributed by atoms with Crippen molar-refractivity contribution in [3.63, 3.8) is 0 Å². The van der Waals surface area contributed by atoms with Crippen LogP contribution >= 0.6 is 0 Å². The summed E-state index contributed by atoms with van der Waals surface area (Å²) < 4.78 is 9.17. The zero-order chi connectivity index (χ0) is 23.5. The molecule has 0 aromatic carbocycles. The van der Waals surface area contributed by atoms with Crippen LogP contribution in [0.25, 0.3) is 0 Å². The zero-order valence-electron chi connectivity index (χ0n) is 20.9. The highest BCUT2D eigenvalue weighted by Gasteiger charge is 2.56. The van der Waals surface area contributed by atoms with Crippen molar-refractivity contribution in [2.75, 3.05) is 52.4 Å². The molecule has 0 amide bonds. The van der Waals surface area contributed by atoms with Crippen LogP contribution in [0.1, 0.15) is 77.0 Å². The fourth-order valence-electron chi connectivity index (χ4n) is 5.96. The molecule has 5 rings (SSSR count).